The highest BCUT2D eigenvalue weighted by molar-refractivity contribution is 5.46. The first-order valence-corrected chi connectivity index (χ1v) is 31.2. The molecule has 0 bridgehead atoms. The zero-order chi connectivity index (χ0) is 60.7. The zero-order valence-electron chi connectivity index (χ0n) is 50.6. The van der Waals surface area contributed by atoms with E-state index < -0.39 is 58.4 Å². The molecule has 4 aliphatic rings. The Labute approximate surface area is 510 Å². The first-order valence-electron chi connectivity index (χ1n) is 31.2. The first-order chi connectivity index (χ1) is 41.7. The van der Waals surface area contributed by atoms with Crippen molar-refractivity contribution in [3.8, 4) is 0 Å². The van der Waals surface area contributed by atoms with Crippen LogP contribution in [-0.4, -0.2) is 68.5 Å². The lowest BCUT2D eigenvalue weighted by molar-refractivity contribution is -0.213. The molecular weight excluding hydrogens is 1070 g/mol. The van der Waals surface area contributed by atoms with Crippen LogP contribution in [0, 0.1) is 0 Å². The van der Waals surface area contributed by atoms with E-state index in [0.29, 0.717) is 56.6 Å². The molecule has 0 aromatic heterocycles. The highest BCUT2D eigenvalue weighted by Crippen LogP contribution is 2.55. The Balaban J connectivity index is 0.000000178. The minimum Gasteiger partial charge on any atom is -0.378 e. The normalized spacial score (nSPS) is 20.7. The van der Waals surface area contributed by atoms with Crippen LogP contribution in [-0.2, 0) is 41.4 Å². The summed E-state index contributed by atoms with van der Waals surface area (Å²) in [5, 5.41) is 51.5. The molecule has 8 aromatic rings. The van der Waals surface area contributed by atoms with Crippen LogP contribution in [0.4, 0.5) is 0 Å². The van der Waals surface area contributed by atoms with Crippen molar-refractivity contribution in [2.75, 3.05) is 0 Å². The number of benzene rings is 8. The van der Waals surface area contributed by atoms with E-state index in [1.165, 1.54) is 0 Å². The number of aliphatic hydroxyl groups is 4. The van der Waals surface area contributed by atoms with E-state index in [9.17, 15) is 20.4 Å². The molecule has 86 heavy (non-hydrogen) atoms. The Hall–Kier alpha value is -6.64. The van der Waals surface area contributed by atoms with Gasteiger partial charge in [0.05, 0.1) is 0 Å². The quantitative estimate of drug-likeness (QED) is 0.0616. The van der Waals surface area contributed by atoms with Crippen LogP contribution in [0.25, 0.3) is 0 Å². The molecule has 0 radical (unpaired) electrons. The lowest BCUT2D eigenvalue weighted by Crippen LogP contribution is -2.54. The third-order valence-electron chi connectivity index (χ3n) is 17.8. The van der Waals surface area contributed by atoms with Crippen molar-refractivity contribution in [1.82, 2.24) is 0 Å². The van der Waals surface area contributed by atoms with Crippen molar-refractivity contribution >= 4 is 0 Å². The molecule has 10 heteroatoms. The summed E-state index contributed by atoms with van der Waals surface area (Å²) in [5.74, 6) is -1.74. The van der Waals surface area contributed by atoms with E-state index in [4.69, 9.17) is 30.4 Å². The summed E-state index contributed by atoms with van der Waals surface area (Å²) in [4.78, 5) is 0. The maximum atomic E-state index is 12.9. The summed E-state index contributed by atoms with van der Waals surface area (Å²) in [6.07, 6.45) is 7.62. The van der Waals surface area contributed by atoms with E-state index in [-0.39, 0.29) is 0 Å². The maximum absolute atomic E-state index is 12.9. The minimum absolute atomic E-state index is 0.384. The number of rotatable bonds is 14. The standard InChI is InChI=1S/2C34H34O4.2C4H11N/c2*35-33(26-16-6-1-7-17-26,27-18-8-2-9-19-27)30-31(38-32(37-30)24-14-5-15-25-32)34(36,28-20-10-3-11-21-28)29-22-12-4-13-23-29;2*1-3-4(2)5/h2*1-4,6-13,16-23,30-31,35-36H,5,14-15,24-25H2;2*4H,3,5H2,1-2H3/t2*30-,31-;2*4-/m1111/s1. The third-order valence-corrected chi connectivity index (χ3v) is 17.8. The summed E-state index contributed by atoms with van der Waals surface area (Å²) < 4.78 is 27.7. The SMILES string of the molecule is CC[C@@H](C)N.CC[C@@H](C)N.OC(c1ccccc1)(c1ccccc1)[C@@H]1OC2(CCCCC2)O[C@H]1C(O)(c1ccccc1)c1ccccc1.OC(c1ccccc1)(c1ccccc1)[C@@H]1OC2(CCCCC2)O[C@H]1C(O)(c1ccccc1)c1ccccc1. The van der Waals surface area contributed by atoms with Gasteiger partial charge >= 0.3 is 0 Å². The highest BCUT2D eigenvalue weighted by Gasteiger charge is 2.65. The minimum atomic E-state index is -1.58. The molecule has 452 valence electrons. The molecular formula is C76H90N2O8. The van der Waals surface area contributed by atoms with Gasteiger partial charge in [0.15, 0.2) is 11.6 Å². The Morgan fingerprint density at radius 3 is 0.581 bits per heavy atom. The van der Waals surface area contributed by atoms with Gasteiger partial charge < -0.3 is 50.8 Å². The van der Waals surface area contributed by atoms with Crippen molar-refractivity contribution in [1.29, 1.82) is 0 Å². The molecule has 2 aliphatic heterocycles. The summed E-state index contributed by atoms with van der Waals surface area (Å²) in [6, 6.07) is 77.7. The fraction of sp³-hybridized carbons (Fsp3) is 0.368. The van der Waals surface area contributed by atoms with Gasteiger partial charge in [-0.2, -0.15) is 0 Å². The highest BCUT2D eigenvalue weighted by atomic mass is 16.8. The Bertz CT molecular complexity index is 2640. The van der Waals surface area contributed by atoms with Crippen LogP contribution < -0.4 is 11.5 Å². The van der Waals surface area contributed by atoms with Gasteiger partial charge in [-0.25, -0.2) is 0 Å². The van der Waals surface area contributed by atoms with Gasteiger partial charge in [0.1, 0.15) is 46.8 Å². The molecule has 2 aliphatic carbocycles. The zero-order valence-corrected chi connectivity index (χ0v) is 50.6. The Morgan fingerprint density at radius 2 is 0.453 bits per heavy atom. The van der Waals surface area contributed by atoms with E-state index in [2.05, 4.69) is 13.8 Å². The molecule has 8 N–H and O–H groups in total. The average molecular weight is 1160 g/mol. The fourth-order valence-electron chi connectivity index (χ4n) is 12.6. The smallest absolute Gasteiger partial charge is 0.169 e. The third kappa shape index (κ3) is 13.7. The second kappa shape index (κ2) is 28.9. The summed E-state index contributed by atoms with van der Waals surface area (Å²) >= 11 is 0. The van der Waals surface area contributed by atoms with E-state index in [1.54, 1.807) is 0 Å². The molecule has 6 atom stereocenters. The molecule has 0 unspecified atom stereocenters. The number of ether oxygens (including phenoxy) is 4. The average Bonchev–Trinajstić information content (AvgIpc) is 1.56. The topological polar surface area (TPSA) is 170 Å². The van der Waals surface area contributed by atoms with Gasteiger partial charge in [0.2, 0.25) is 0 Å². The van der Waals surface area contributed by atoms with Crippen molar-refractivity contribution in [2.24, 2.45) is 11.5 Å². The Morgan fingerprint density at radius 1 is 0.314 bits per heavy atom. The second-order valence-electron chi connectivity index (χ2n) is 23.9. The van der Waals surface area contributed by atoms with Crippen molar-refractivity contribution < 1.29 is 39.4 Å². The fourth-order valence-corrected chi connectivity index (χ4v) is 12.6. The van der Waals surface area contributed by atoms with Crippen LogP contribution >= 0.6 is 0 Å². The van der Waals surface area contributed by atoms with Crippen LogP contribution in [0.15, 0.2) is 243 Å². The number of hydrogen-bond donors (Lipinski definition) is 6. The molecule has 4 fully saturated rings. The summed E-state index contributed by atoms with van der Waals surface area (Å²) in [6.45, 7) is 8.15. The molecule has 2 spiro atoms. The maximum Gasteiger partial charge on any atom is 0.169 e. The largest absolute Gasteiger partial charge is 0.378 e. The predicted octanol–water partition coefficient (Wildman–Crippen LogP) is 14.1. The summed E-state index contributed by atoms with van der Waals surface area (Å²) in [7, 11) is 0. The lowest BCUT2D eigenvalue weighted by atomic mass is 9.72. The van der Waals surface area contributed by atoms with Crippen molar-refractivity contribution in [2.45, 2.75) is 175 Å². The summed E-state index contributed by atoms with van der Waals surface area (Å²) in [5.41, 5.74) is 9.84. The van der Waals surface area contributed by atoms with Crippen LogP contribution in [0.3, 0.4) is 0 Å². The molecule has 8 aromatic carbocycles. The molecule has 0 amide bonds. The lowest BCUT2D eigenvalue weighted by Gasteiger charge is -2.42. The monoisotopic (exact) mass is 1160 g/mol. The van der Waals surface area contributed by atoms with Crippen molar-refractivity contribution in [3.05, 3.63) is 287 Å². The van der Waals surface area contributed by atoms with Crippen molar-refractivity contribution in [3.63, 3.8) is 0 Å². The van der Waals surface area contributed by atoms with Gasteiger partial charge in [-0.15, -0.1) is 0 Å². The van der Waals surface area contributed by atoms with Gasteiger partial charge in [-0.05, 0) is 96.9 Å². The van der Waals surface area contributed by atoms with Gasteiger partial charge in [-0.3, -0.25) is 0 Å². The van der Waals surface area contributed by atoms with E-state index in [1.807, 2.05) is 257 Å². The Kier molecular flexibility index (Phi) is 21.5. The van der Waals surface area contributed by atoms with E-state index >= 15 is 0 Å². The van der Waals surface area contributed by atoms with Crippen LogP contribution in [0.2, 0.25) is 0 Å². The second-order valence-corrected chi connectivity index (χ2v) is 23.9. The van der Waals surface area contributed by atoms with E-state index in [0.717, 1.165) is 77.0 Å². The van der Waals surface area contributed by atoms with Crippen LogP contribution in [0.1, 0.15) is 149 Å². The molecule has 12 rings (SSSR count). The molecule has 10 nitrogen and oxygen atoms in total. The molecule has 2 saturated carbocycles. The van der Waals surface area contributed by atoms with Gasteiger partial charge in [-0.1, -0.05) is 269 Å². The van der Waals surface area contributed by atoms with Crippen LogP contribution in [0.5, 0.6) is 0 Å². The first kappa shape index (κ1) is 63.9. The van der Waals surface area contributed by atoms with Gasteiger partial charge in [0, 0.05) is 37.8 Å². The molecule has 2 heterocycles. The number of hydrogen-bond acceptors (Lipinski definition) is 10. The predicted molar refractivity (Wildman–Crippen MR) is 343 cm³/mol. The van der Waals surface area contributed by atoms with Gasteiger partial charge in [0.25, 0.3) is 0 Å². The molecule has 2 saturated heterocycles. The number of nitrogens with two attached hydrogens (primary N) is 2.